The van der Waals surface area contributed by atoms with Gasteiger partial charge in [0.05, 0.1) is 31.4 Å². The number of rotatable bonds is 4. The summed E-state index contributed by atoms with van der Waals surface area (Å²) in [6.45, 7) is 1.90. The Morgan fingerprint density at radius 2 is 1.84 bits per heavy atom. The molecule has 0 saturated carbocycles. The van der Waals surface area contributed by atoms with Crippen LogP contribution in [0.4, 0.5) is 0 Å². The maximum absolute atomic E-state index is 12.4. The van der Waals surface area contributed by atoms with Crippen LogP contribution in [0.1, 0.15) is 53.1 Å². The third-order valence-corrected chi connectivity index (χ3v) is 6.53. The van der Waals surface area contributed by atoms with E-state index in [1.54, 1.807) is 14.2 Å². The zero-order chi connectivity index (χ0) is 22.4. The molecule has 1 aliphatic carbocycles. The van der Waals surface area contributed by atoms with Crippen molar-refractivity contribution in [2.45, 2.75) is 45.1 Å². The number of phenols is 1. The SMILES string of the molecule is COc1ccc([C@@H]2CC(c3c(C)cc4oc(=O)c5c(c4c3O)CCCC5)=NN2)cc1OC. The Hall–Kier alpha value is -3.48. The van der Waals surface area contributed by atoms with Crippen molar-refractivity contribution in [3.8, 4) is 17.2 Å². The monoisotopic (exact) mass is 434 g/mol. The number of hydrogen-bond donors (Lipinski definition) is 2. The molecular weight excluding hydrogens is 408 g/mol. The van der Waals surface area contributed by atoms with Crippen LogP contribution in [0.3, 0.4) is 0 Å². The summed E-state index contributed by atoms with van der Waals surface area (Å²) in [6.07, 6.45) is 4.03. The largest absolute Gasteiger partial charge is 0.506 e. The van der Waals surface area contributed by atoms with Gasteiger partial charge in [-0.2, -0.15) is 5.10 Å². The number of benzene rings is 2. The van der Waals surface area contributed by atoms with Crippen LogP contribution in [0.15, 0.2) is 38.6 Å². The van der Waals surface area contributed by atoms with Crippen molar-refractivity contribution in [1.82, 2.24) is 5.43 Å². The molecule has 7 nitrogen and oxygen atoms in total. The van der Waals surface area contributed by atoms with E-state index in [0.717, 1.165) is 41.7 Å². The quantitative estimate of drug-likeness (QED) is 0.600. The van der Waals surface area contributed by atoms with Gasteiger partial charge in [-0.1, -0.05) is 6.07 Å². The molecule has 2 heterocycles. The molecule has 3 aromatic rings. The molecule has 166 valence electrons. The fraction of sp³-hybridized carbons (Fsp3) is 0.360. The number of fused-ring (bicyclic) bond motifs is 3. The molecule has 2 aliphatic rings. The zero-order valence-corrected chi connectivity index (χ0v) is 18.4. The van der Waals surface area contributed by atoms with E-state index in [4.69, 9.17) is 13.9 Å². The predicted molar refractivity (Wildman–Crippen MR) is 122 cm³/mol. The van der Waals surface area contributed by atoms with E-state index in [1.165, 1.54) is 0 Å². The number of nitrogens with zero attached hydrogens (tertiary/aromatic N) is 1. The number of methoxy groups -OCH3 is 2. The number of aromatic hydroxyl groups is 1. The second-order valence-corrected chi connectivity index (χ2v) is 8.40. The zero-order valence-electron chi connectivity index (χ0n) is 18.4. The molecule has 0 bridgehead atoms. The van der Waals surface area contributed by atoms with Crippen molar-refractivity contribution in [3.05, 3.63) is 62.5 Å². The molecule has 0 fully saturated rings. The van der Waals surface area contributed by atoms with Crippen LogP contribution in [0.25, 0.3) is 11.0 Å². The fourth-order valence-electron chi connectivity index (χ4n) is 4.93. The van der Waals surface area contributed by atoms with Crippen LogP contribution < -0.4 is 20.5 Å². The maximum Gasteiger partial charge on any atom is 0.339 e. The minimum atomic E-state index is -0.285. The number of phenolic OH excluding ortho intramolecular Hbond substituents is 1. The van der Waals surface area contributed by atoms with E-state index in [9.17, 15) is 9.90 Å². The van der Waals surface area contributed by atoms with Crippen molar-refractivity contribution in [1.29, 1.82) is 0 Å². The van der Waals surface area contributed by atoms with Gasteiger partial charge in [0.1, 0.15) is 11.3 Å². The normalized spacial score (nSPS) is 17.6. The first kappa shape index (κ1) is 20.4. The third kappa shape index (κ3) is 3.20. The van der Waals surface area contributed by atoms with Crippen LogP contribution in [0.2, 0.25) is 0 Å². The summed E-state index contributed by atoms with van der Waals surface area (Å²) in [7, 11) is 3.22. The van der Waals surface area contributed by atoms with Crippen LogP contribution in [-0.4, -0.2) is 25.0 Å². The van der Waals surface area contributed by atoms with Crippen molar-refractivity contribution in [2.24, 2.45) is 5.10 Å². The Morgan fingerprint density at radius 1 is 1.09 bits per heavy atom. The fourth-order valence-corrected chi connectivity index (χ4v) is 4.93. The molecular formula is C25H26N2O5. The second-order valence-electron chi connectivity index (χ2n) is 8.40. The molecule has 32 heavy (non-hydrogen) atoms. The lowest BCUT2D eigenvalue weighted by molar-refractivity contribution is 0.354. The van der Waals surface area contributed by atoms with Gasteiger partial charge in [-0.3, -0.25) is 0 Å². The maximum atomic E-state index is 12.4. The number of nitrogens with one attached hydrogen (secondary N) is 1. The average molecular weight is 434 g/mol. The summed E-state index contributed by atoms with van der Waals surface area (Å²) in [5.41, 5.74) is 8.28. The smallest absolute Gasteiger partial charge is 0.339 e. The molecule has 2 N–H and O–H groups in total. The highest BCUT2D eigenvalue weighted by Gasteiger charge is 2.28. The van der Waals surface area contributed by atoms with Gasteiger partial charge < -0.3 is 24.4 Å². The second kappa shape index (κ2) is 7.89. The summed E-state index contributed by atoms with van der Waals surface area (Å²) in [5.74, 6) is 1.48. The van der Waals surface area contributed by atoms with E-state index in [0.29, 0.717) is 46.4 Å². The number of ether oxygens (including phenoxy) is 2. The minimum absolute atomic E-state index is 0.0538. The Bertz CT molecular complexity index is 1310. The molecule has 0 unspecified atom stereocenters. The van der Waals surface area contributed by atoms with Crippen molar-refractivity contribution in [2.75, 3.05) is 14.2 Å². The molecule has 0 amide bonds. The highest BCUT2D eigenvalue weighted by Crippen LogP contribution is 2.40. The predicted octanol–water partition coefficient (Wildman–Crippen LogP) is 4.14. The van der Waals surface area contributed by atoms with Crippen molar-refractivity contribution < 1.29 is 19.0 Å². The molecule has 5 rings (SSSR count). The van der Waals surface area contributed by atoms with Crippen LogP contribution in [0.5, 0.6) is 17.2 Å². The first-order valence-electron chi connectivity index (χ1n) is 10.9. The minimum Gasteiger partial charge on any atom is -0.506 e. The van der Waals surface area contributed by atoms with Gasteiger partial charge in [-0.05, 0) is 67.5 Å². The number of hydrazone groups is 1. The Labute approximate surface area is 185 Å². The molecule has 1 aliphatic heterocycles. The Morgan fingerprint density at radius 3 is 2.59 bits per heavy atom. The Kier molecular flexibility index (Phi) is 5.04. The van der Waals surface area contributed by atoms with Crippen LogP contribution in [0, 0.1) is 6.92 Å². The molecule has 0 saturated heterocycles. The molecule has 2 aromatic carbocycles. The van der Waals surface area contributed by atoms with Gasteiger partial charge in [0.2, 0.25) is 0 Å². The molecule has 1 aromatic heterocycles. The van der Waals surface area contributed by atoms with E-state index in [2.05, 4.69) is 10.5 Å². The van der Waals surface area contributed by atoms with Gasteiger partial charge in [0.25, 0.3) is 0 Å². The molecule has 0 radical (unpaired) electrons. The summed E-state index contributed by atoms with van der Waals surface area (Å²) in [4.78, 5) is 12.4. The third-order valence-electron chi connectivity index (χ3n) is 6.53. The molecule has 1 atom stereocenters. The van der Waals surface area contributed by atoms with E-state index in [-0.39, 0.29) is 17.4 Å². The summed E-state index contributed by atoms with van der Waals surface area (Å²) in [5, 5.41) is 16.6. The van der Waals surface area contributed by atoms with Gasteiger partial charge in [0.15, 0.2) is 11.5 Å². The average Bonchev–Trinajstić information content (AvgIpc) is 3.28. The number of aryl methyl sites for hydroxylation is 2. The van der Waals surface area contributed by atoms with E-state index in [1.807, 2.05) is 31.2 Å². The number of hydrogen-bond acceptors (Lipinski definition) is 7. The Balaban J connectivity index is 1.55. The van der Waals surface area contributed by atoms with E-state index < -0.39 is 0 Å². The highest BCUT2D eigenvalue weighted by atomic mass is 16.5. The summed E-state index contributed by atoms with van der Waals surface area (Å²) in [6, 6.07) is 7.58. The van der Waals surface area contributed by atoms with Crippen molar-refractivity contribution in [3.63, 3.8) is 0 Å². The lowest BCUT2D eigenvalue weighted by atomic mass is 9.87. The first-order valence-corrected chi connectivity index (χ1v) is 10.9. The van der Waals surface area contributed by atoms with Crippen LogP contribution >= 0.6 is 0 Å². The van der Waals surface area contributed by atoms with E-state index >= 15 is 0 Å². The topological polar surface area (TPSA) is 93.3 Å². The molecule has 0 spiro atoms. The van der Waals surface area contributed by atoms with Gasteiger partial charge in [0, 0.05) is 17.5 Å². The standard InChI is InChI=1S/C25H26N2O5/c1-13-10-21-23(15-6-4-5-7-16(15)25(29)32-21)24(28)22(13)18-12-17(26-27-18)14-8-9-19(30-2)20(11-14)31-3/h8-11,17,26,28H,4-7,12H2,1-3H3/t17-/m0/s1. The van der Waals surface area contributed by atoms with Gasteiger partial charge in [-0.25, -0.2) is 4.79 Å². The summed E-state index contributed by atoms with van der Waals surface area (Å²) >= 11 is 0. The lowest BCUT2D eigenvalue weighted by Gasteiger charge is -2.19. The highest BCUT2D eigenvalue weighted by molar-refractivity contribution is 6.09. The lowest BCUT2D eigenvalue weighted by Crippen LogP contribution is -2.16. The van der Waals surface area contributed by atoms with Crippen molar-refractivity contribution >= 4 is 16.7 Å². The van der Waals surface area contributed by atoms with Gasteiger partial charge in [-0.15, -0.1) is 0 Å². The van der Waals surface area contributed by atoms with Gasteiger partial charge >= 0.3 is 5.63 Å². The van der Waals surface area contributed by atoms with Crippen LogP contribution in [-0.2, 0) is 12.8 Å². The first-order chi connectivity index (χ1) is 15.5. The summed E-state index contributed by atoms with van der Waals surface area (Å²) < 4.78 is 16.3. The molecule has 7 heteroatoms.